The quantitative estimate of drug-likeness (QED) is 0.808. The molecule has 4 nitrogen and oxygen atoms in total. The Balaban J connectivity index is 0.00000243. The van der Waals surface area contributed by atoms with Gasteiger partial charge >= 0.3 is 0 Å². The molecule has 2 N–H and O–H groups in total. The van der Waals surface area contributed by atoms with E-state index in [-0.39, 0.29) is 30.1 Å². The third-order valence-electron chi connectivity index (χ3n) is 4.69. The van der Waals surface area contributed by atoms with Crippen LogP contribution in [0, 0.1) is 13.8 Å². The predicted octanol–water partition coefficient (Wildman–Crippen LogP) is 3.44. The zero-order chi connectivity index (χ0) is 17.8. The van der Waals surface area contributed by atoms with E-state index >= 15 is 0 Å². The topological polar surface area (TPSA) is 58.2 Å². The summed E-state index contributed by atoms with van der Waals surface area (Å²) in [6.07, 6.45) is 2.01. The lowest BCUT2D eigenvalue weighted by Crippen LogP contribution is -2.45. The van der Waals surface area contributed by atoms with E-state index < -0.39 is 0 Å². The molecular formula is C21H25ClN2O2. The molecule has 1 saturated heterocycles. The number of halogens is 1. The Morgan fingerprint density at radius 3 is 2.46 bits per heavy atom. The number of nitrogens with one attached hydrogen (secondary N) is 2. The summed E-state index contributed by atoms with van der Waals surface area (Å²) >= 11 is 0. The second kappa shape index (κ2) is 8.97. The molecule has 3 rings (SSSR count). The zero-order valence-corrected chi connectivity index (χ0v) is 16.0. The number of piperidine rings is 1. The van der Waals surface area contributed by atoms with Crippen LogP contribution in [-0.4, -0.2) is 30.8 Å². The van der Waals surface area contributed by atoms with Gasteiger partial charge in [-0.2, -0.15) is 0 Å². The van der Waals surface area contributed by atoms with Crippen molar-refractivity contribution in [1.29, 1.82) is 0 Å². The van der Waals surface area contributed by atoms with Crippen molar-refractivity contribution in [3.05, 3.63) is 70.3 Å². The molecule has 1 aliphatic heterocycles. The van der Waals surface area contributed by atoms with Crippen molar-refractivity contribution < 1.29 is 9.59 Å². The van der Waals surface area contributed by atoms with Gasteiger partial charge in [0.1, 0.15) is 0 Å². The minimum absolute atomic E-state index is 0. The Hall–Kier alpha value is -2.17. The number of hydrogen-bond acceptors (Lipinski definition) is 3. The summed E-state index contributed by atoms with van der Waals surface area (Å²) in [5, 5.41) is 6.34. The van der Waals surface area contributed by atoms with Gasteiger partial charge < -0.3 is 10.6 Å². The molecule has 1 aliphatic rings. The smallest absolute Gasteiger partial charge is 0.252 e. The molecule has 0 unspecified atom stereocenters. The van der Waals surface area contributed by atoms with Gasteiger partial charge in [0.15, 0.2) is 5.78 Å². The summed E-state index contributed by atoms with van der Waals surface area (Å²) in [7, 11) is 0. The lowest BCUT2D eigenvalue weighted by molar-refractivity contribution is 0.0921. The predicted molar refractivity (Wildman–Crippen MR) is 106 cm³/mol. The van der Waals surface area contributed by atoms with E-state index in [4.69, 9.17) is 0 Å². The van der Waals surface area contributed by atoms with Crippen LogP contribution in [0.25, 0.3) is 0 Å². The monoisotopic (exact) mass is 372 g/mol. The molecular weight excluding hydrogens is 348 g/mol. The number of amides is 1. The minimum Gasteiger partial charge on any atom is -0.348 e. The highest BCUT2D eigenvalue weighted by Gasteiger charge is 2.22. The molecule has 26 heavy (non-hydrogen) atoms. The molecule has 1 atom stereocenters. The maximum Gasteiger partial charge on any atom is 0.252 e. The molecule has 5 heteroatoms. The van der Waals surface area contributed by atoms with Gasteiger partial charge in [0.2, 0.25) is 0 Å². The van der Waals surface area contributed by atoms with E-state index in [1.54, 1.807) is 24.3 Å². The second-order valence-corrected chi connectivity index (χ2v) is 6.71. The number of benzene rings is 2. The van der Waals surface area contributed by atoms with E-state index in [9.17, 15) is 9.59 Å². The van der Waals surface area contributed by atoms with Gasteiger partial charge in [0, 0.05) is 23.7 Å². The summed E-state index contributed by atoms with van der Waals surface area (Å²) in [5.74, 6) is -0.281. The Morgan fingerprint density at radius 2 is 1.77 bits per heavy atom. The van der Waals surface area contributed by atoms with Gasteiger partial charge in [0.25, 0.3) is 5.91 Å². The summed E-state index contributed by atoms with van der Waals surface area (Å²) in [6, 6.07) is 13.0. The van der Waals surface area contributed by atoms with Crippen LogP contribution in [0.3, 0.4) is 0 Å². The van der Waals surface area contributed by atoms with Gasteiger partial charge in [-0.05, 0) is 50.9 Å². The number of aryl methyl sites for hydroxylation is 2. The second-order valence-electron chi connectivity index (χ2n) is 6.71. The standard InChI is InChI=1S/C21H24N2O2.ClH/c1-14-9-10-15(2)19(12-14)20(24)17-7-3-4-8-18(17)21(25)23-16-6-5-11-22-13-16;/h3-4,7-10,12,16,22H,5-6,11,13H2,1-2H3,(H,23,25);1H/t16-;/m0./s1. The van der Waals surface area contributed by atoms with E-state index in [1.807, 2.05) is 32.0 Å². The number of hydrogen-bond donors (Lipinski definition) is 2. The molecule has 1 fully saturated rings. The van der Waals surface area contributed by atoms with E-state index in [2.05, 4.69) is 10.6 Å². The number of carbonyl (C=O) groups is 2. The van der Waals surface area contributed by atoms with Gasteiger partial charge in [-0.1, -0.05) is 35.9 Å². The Bertz CT molecular complexity index is 798. The molecule has 0 aromatic heterocycles. The summed E-state index contributed by atoms with van der Waals surface area (Å²) in [6.45, 7) is 5.65. The van der Waals surface area contributed by atoms with Crippen LogP contribution in [-0.2, 0) is 0 Å². The van der Waals surface area contributed by atoms with Crippen LogP contribution < -0.4 is 10.6 Å². The molecule has 0 spiro atoms. The zero-order valence-electron chi connectivity index (χ0n) is 15.2. The molecule has 0 saturated carbocycles. The van der Waals surface area contributed by atoms with E-state index in [0.717, 1.165) is 37.1 Å². The van der Waals surface area contributed by atoms with Crippen LogP contribution in [0.5, 0.6) is 0 Å². The van der Waals surface area contributed by atoms with Crippen molar-refractivity contribution in [1.82, 2.24) is 10.6 Å². The normalized spacial score (nSPS) is 16.5. The first-order chi connectivity index (χ1) is 12.1. The fourth-order valence-electron chi connectivity index (χ4n) is 3.24. The number of ketones is 1. The van der Waals surface area contributed by atoms with Crippen LogP contribution >= 0.6 is 12.4 Å². The van der Waals surface area contributed by atoms with Gasteiger partial charge in [-0.25, -0.2) is 0 Å². The fraction of sp³-hybridized carbons (Fsp3) is 0.333. The van der Waals surface area contributed by atoms with Crippen LogP contribution in [0.1, 0.15) is 50.2 Å². The lowest BCUT2D eigenvalue weighted by atomic mass is 9.94. The third kappa shape index (κ3) is 4.51. The molecule has 1 heterocycles. The van der Waals surface area contributed by atoms with Crippen molar-refractivity contribution in [2.45, 2.75) is 32.7 Å². The van der Waals surface area contributed by atoms with Crippen molar-refractivity contribution in [3.8, 4) is 0 Å². The summed E-state index contributed by atoms with van der Waals surface area (Å²) in [5.41, 5.74) is 3.50. The number of rotatable bonds is 4. The Labute approximate surface area is 160 Å². The molecule has 2 aromatic carbocycles. The van der Waals surface area contributed by atoms with Crippen molar-refractivity contribution >= 4 is 24.1 Å². The first-order valence-corrected chi connectivity index (χ1v) is 8.79. The maximum absolute atomic E-state index is 13.0. The van der Waals surface area contributed by atoms with Crippen molar-refractivity contribution in [3.63, 3.8) is 0 Å². The van der Waals surface area contributed by atoms with Crippen LogP contribution in [0.15, 0.2) is 42.5 Å². The van der Waals surface area contributed by atoms with E-state index in [1.165, 1.54) is 0 Å². The molecule has 0 aliphatic carbocycles. The highest BCUT2D eigenvalue weighted by Crippen LogP contribution is 2.19. The van der Waals surface area contributed by atoms with Gasteiger partial charge in [0.05, 0.1) is 5.56 Å². The highest BCUT2D eigenvalue weighted by atomic mass is 35.5. The van der Waals surface area contributed by atoms with Crippen molar-refractivity contribution in [2.75, 3.05) is 13.1 Å². The largest absolute Gasteiger partial charge is 0.348 e. The van der Waals surface area contributed by atoms with Crippen molar-refractivity contribution in [2.24, 2.45) is 0 Å². The van der Waals surface area contributed by atoms with Crippen LogP contribution in [0.4, 0.5) is 0 Å². The molecule has 1 amide bonds. The average Bonchev–Trinajstić information content (AvgIpc) is 2.64. The average molecular weight is 373 g/mol. The minimum atomic E-state index is -0.178. The summed E-state index contributed by atoms with van der Waals surface area (Å²) < 4.78 is 0. The third-order valence-corrected chi connectivity index (χ3v) is 4.69. The fourth-order valence-corrected chi connectivity index (χ4v) is 3.24. The summed E-state index contributed by atoms with van der Waals surface area (Å²) in [4.78, 5) is 25.8. The van der Waals surface area contributed by atoms with E-state index in [0.29, 0.717) is 16.7 Å². The number of carbonyl (C=O) groups excluding carboxylic acids is 2. The Morgan fingerprint density at radius 1 is 1.04 bits per heavy atom. The van der Waals surface area contributed by atoms with Crippen LogP contribution in [0.2, 0.25) is 0 Å². The molecule has 2 aromatic rings. The molecule has 0 bridgehead atoms. The molecule has 0 radical (unpaired) electrons. The lowest BCUT2D eigenvalue weighted by Gasteiger charge is -2.24. The SMILES string of the molecule is Cc1ccc(C)c(C(=O)c2ccccc2C(=O)N[C@H]2CCCNC2)c1.Cl. The highest BCUT2D eigenvalue weighted by molar-refractivity contribution is 6.16. The first-order valence-electron chi connectivity index (χ1n) is 8.79. The van der Waals surface area contributed by atoms with Gasteiger partial charge in [-0.3, -0.25) is 9.59 Å². The maximum atomic E-state index is 13.0. The molecule has 138 valence electrons. The Kier molecular flexibility index (Phi) is 6.95. The van der Waals surface area contributed by atoms with Gasteiger partial charge in [-0.15, -0.1) is 12.4 Å². The first kappa shape index (κ1) is 20.1.